The smallest absolute Gasteiger partial charge is 0.329 e. The van der Waals surface area contributed by atoms with Crippen molar-refractivity contribution in [2.24, 2.45) is 5.92 Å². The molecule has 30 heavy (non-hydrogen) atoms. The van der Waals surface area contributed by atoms with Gasteiger partial charge in [-0.3, -0.25) is 9.59 Å². The number of carbonyl (C=O) groups is 3. The van der Waals surface area contributed by atoms with Crippen LogP contribution < -0.4 is 10.6 Å². The third-order valence-electron chi connectivity index (χ3n) is 4.76. The molecule has 0 bridgehead atoms. The fraction of sp³-hybridized carbons (Fsp3) is 0.375. The SMILES string of the molecule is CC(C)[C@H](NC(=O)Cc1ccccc1)C(=O)OCC(=O)NC[C@@H](C)c1ccccc1. The minimum Gasteiger partial charge on any atom is -0.454 e. The minimum absolute atomic E-state index is 0.145. The average molecular weight is 411 g/mol. The van der Waals surface area contributed by atoms with E-state index in [9.17, 15) is 14.4 Å². The van der Waals surface area contributed by atoms with Crippen LogP contribution >= 0.6 is 0 Å². The lowest BCUT2D eigenvalue weighted by atomic mass is 10.0. The van der Waals surface area contributed by atoms with E-state index in [1.165, 1.54) is 0 Å². The van der Waals surface area contributed by atoms with Crippen molar-refractivity contribution in [2.75, 3.05) is 13.2 Å². The highest BCUT2D eigenvalue weighted by atomic mass is 16.5. The van der Waals surface area contributed by atoms with Crippen molar-refractivity contribution in [3.8, 4) is 0 Å². The van der Waals surface area contributed by atoms with E-state index in [-0.39, 0.29) is 36.7 Å². The second-order valence-corrected chi connectivity index (χ2v) is 7.68. The minimum atomic E-state index is -0.808. The molecule has 0 unspecified atom stereocenters. The van der Waals surface area contributed by atoms with Crippen LogP contribution in [0.5, 0.6) is 0 Å². The number of rotatable bonds is 10. The van der Waals surface area contributed by atoms with Crippen molar-refractivity contribution in [3.63, 3.8) is 0 Å². The first-order chi connectivity index (χ1) is 14.4. The molecule has 2 aromatic carbocycles. The molecule has 2 N–H and O–H groups in total. The predicted octanol–water partition coefficient (Wildman–Crippen LogP) is 2.83. The lowest BCUT2D eigenvalue weighted by molar-refractivity contribution is -0.152. The summed E-state index contributed by atoms with van der Waals surface area (Å²) in [5.41, 5.74) is 1.98. The molecule has 0 aliphatic carbocycles. The lowest BCUT2D eigenvalue weighted by Gasteiger charge is -2.21. The average Bonchev–Trinajstić information content (AvgIpc) is 2.75. The molecule has 2 rings (SSSR count). The molecular weight excluding hydrogens is 380 g/mol. The van der Waals surface area contributed by atoms with Crippen LogP contribution in [0, 0.1) is 5.92 Å². The Morgan fingerprint density at radius 3 is 2.07 bits per heavy atom. The van der Waals surface area contributed by atoms with Gasteiger partial charge in [0.05, 0.1) is 6.42 Å². The molecule has 0 aliphatic rings. The third-order valence-corrected chi connectivity index (χ3v) is 4.76. The van der Waals surface area contributed by atoms with E-state index in [0.29, 0.717) is 6.54 Å². The number of hydrogen-bond donors (Lipinski definition) is 2. The molecule has 2 aromatic rings. The summed E-state index contributed by atoms with van der Waals surface area (Å²) in [5, 5.41) is 5.49. The van der Waals surface area contributed by atoms with E-state index in [0.717, 1.165) is 11.1 Å². The number of benzene rings is 2. The largest absolute Gasteiger partial charge is 0.454 e. The second-order valence-electron chi connectivity index (χ2n) is 7.68. The molecule has 160 valence electrons. The molecule has 0 radical (unpaired) electrons. The first kappa shape index (κ1) is 23.1. The van der Waals surface area contributed by atoms with Crippen molar-refractivity contribution < 1.29 is 19.1 Å². The molecule has 2 atom stereocenters. The molecule has 0 heterocycles. The Balaban J connectivity index is 1.78. The summed E-state index contributed by atoms with van der Waals surface area (Å²) in [5.74, 6) is -1.27. The zero-order chi connectivity index (χ0) is 21.9. The Labute approximate surface area is 178 Å². The lowest BCUT2D eigenvalue weighted by Crippen LogP contribution is -2.46. The normalized spacial score (nSPS) is 12.7. The van der Waals surface area contributed by atoms with Crippen LogP contribution in [0.25, 0.3) is 0 Å². The summed E-state index contributed by atoms with van der Waals surface area (Å²) in [7, 11) is 0. The Bertz CT molecular complexity index is 822. The zero-order valence-electron chi connectivity index (χ0n) is 17.8. The summed E-state index contributed by atoms with van der Waals surface area (Å²) < 4.78 is 5.15. The van der Waals surface area contributed by atoms with Gasteiger partial charge in [0.25, 0.3) is 5.91 Å². The van der Waals surface area contributed by atoms with Crippen LogP contribution in [0.1, 0.15) is 37.8 Å². The monoisotopic (exact) mass is 410 g/mol. The summed E-state index contributed by atoms with van der Waals surface area (Å²) >= 11 is 0. The van der Waals surface area contributed by atoms with Gasteiger partial charge in [0.2, 0.25) is 5.91 Å². The first-order valence-electron chi connectivity index (χ1n) is 10.2. The highest BCUT2D eigenvalue weighted by Gasteiger charge is 2.26. The van der Waals surface area contributed by atoms with Gasteiger partial charge in [-0.1, -0.05) is 81.4 Å². The van der Waals surface area contributed by atoms with Crippen LogP contribution in [0.4, 0.5) is 0 Å². The predicted molar refractivity (Wildman–Crippen MR) is 116 cm³/mol. The second kappa shape index (κ2) is 11.8. The van der Waals surface area contributed by atoms with E-state index in [1.807, 2.05) is 81.4 Å². The third kappa shape index (κ3) is 7.70. The number of nitrogens with one attached hydrogen (secondary N) is 2. The van der Waals surface area contributed by atoms with Crippen LogP contribution in [-0.4, -0.2) is 37.0 Å². The Morgan fingerprint density at radius 2 is 1.47 bits per heavy atom. The van der Waals surface area contributed by atoms with E-state index >= 15 is 0 Å². The maximum absolute atomic E-state index is 12.4. The van der Waals surface area contributed by atoms with Gasteiger partial charge in [0.15, 0.2) is 6.61 Å². The van der Waals surface area contributed by atoms with Gasteiger partial charge in [-0.2, -0.15) is 0 Å². The fourth-order valence-corrected chi connectivity index (χ4v) is 2.95. The quantitative estimate of drug-likeness (QED) is 0.590. The summed E-state index contributed by atoms with van der Waals surface area (Å²) in [6.07, 6.45) is 0.176. The van der Waals surface area contributed by atoms with E-state index in [1.54, 1.807) is 0 Å². The number of amides is 2. The molecule has 0 spiro atoms. The van der Waals surface area contributed by atoms with Gasteiger partial charge in [-0.15, -0.1) is 0 Å². The van der Waals surface area contributed by atoms with E-state index in [2.05, 4.69) is 10.6 Å². The van der Waals surface area contributed by atoms with Crippen molar-refractivity contribution in [1.29, 1.82) is 0 Å². The van der Waals surface area contributed by atoms with Gasteiger partial charge in [-0.25, -0.2) is 4.79 Å². The molecule has 0 saturated carbocycles. The summed E-state index contributed by atoms with van der Waals surface area (Å²) in [4.78, 5) is 36.8. The van der Waals surface area contributed by atoms with Crippen LogP contribution in [-0.2, 0) is 25.5 Å². The zero-order valence-corrected chi connectivity index (χ0v) is 17.8. The van der Waals surface area contributed by atoms with Crippen molar-refractivity contribution >= 4 is 17.8 Å². The molecule has 6 nitrogen and oxygen atoms in total. The highest BCUT2D eigenvalue weighted by molar-refractivity contribution is 5.87. The molecule has 0 aliphatic heterocycles. The standard InChI is InChI=1S/C24H30N2O4/c1-17(2)23(26-21(27)14-19-10-6-4-7-11-19)24(29)30-16-22(28)25-15-18(3)20-12-8-5-9-13-20/h4-13,17-18,23H,14-16H2,1-3H3,(H,25,28)(H,26,27)/t18-,23+/m1/s1. The molecule has 0 saturated heterocycles. The van der Waals surface area contributed by atoms with Gasteiger partial charge in [0.1, 0.15) is 6.04 Å². The van der Waals surface area contributed by atoms with Gasteiger partial charge >= 0.3 is 5.97 Å². The number of esters is 1. The molecule has 0 fully saturated rings. The Hall–Kier alpha value is -3.15. The van der Waals surface area contributed by atoms with E-state index < -0.39 is 12.0 Å². The first-order valence-corrected chi connectivity index (χ1v) is 10.2. The fourth-order valence-electron chi connectivity index (χ4n) is 2.95. The maximum atomic E-state index is 12.4. The molecule has 2 amide bonds. The highest BCUT2D eigenvalue weighted by Crippen LogP contribution is 2.13. The number of carbonyl (C=O) groups excluding carboxylic acids is 3. The van der Waals surface area contributed by atoms with Crippen molar-refractivity contribution in [2.45, 2.75) is 39.2 Å². The summed E-state index contributed by atoms with van der Waals surface area (Å²) in [6.45, 7) is 5.71. The van der Waals surface area contributed by atoms with Crippen molar-refractivity contribution in [1.82, 2.24) is 10.6 Å². The topological polar surface area (TPSA) is 84.5 Å². The Kier molecular flexibility index (Phi) is 9.06. The molecule has 6 heteroatoms. The van der Waals surface area contributed by atoms with Gasteiger partial charge < -0.3 is 15.4 Å². The summed E-state index contributed by atoms with van der Waals surface area (Å²) in [6, 6.07) is 18.3. The maximum Gasteiger partial charge on any atom is 0.329 e. The number of hydrogen-bond acceptors (Lipinski definition) is 4. The van der Waals surface area contributed by atoms with E-state index in [4.69, 9.17) is 4.74 Å². The molecular formula is C24H30N2O4. The van der Waals surface area contributed by atoms with Gasteiger partial charge in [0, 0.05) is 6.54 Å². The van der Waals surface area contributed by atoms with Crippen molar-refractivity contribution in [3.05, 3.63) is 71.8 Å². The van der Waals surface area contributed by atoms with Crippen LogP contribution in [0.15, 0.2) is 60.7 Å². The number of ether oxygens (including phenoxy) is 1. The van der Waals surface area contributed by atoms with Crippen LogP contribution in [0.3, 0.4) is 0 Å². The molecule has 0 aromatic heterocycles. The Morgan fingerprint density at radius 1 is 0.867 bits per heavy atom. The van der Waals surface area contributed by atoms with Crippen LogP contribution in [0.2, 0.25) is 0 Å². The van der Waals surface area contributed by atoms with Gasteiger partial charge in [-0.05, 0) is 23.0 Å².